The Morgan fingerprint density at radius 1 is 1.12 bits per heavy atom. The number of allylic oxidation sites excluding steroid dienone is 1. The molecule has 2 aliphatic heterocycles. The molecule has 1 aliphatic carbocycles. The second-order valence-corrected chi connectivity index (χ2v) is 9.49. The molecule has 1 aromatic heterocycles. The molecule has 8 nitrogen and oxygen atoms in total. The number of carbonyl (C=O) groups is 1. The number of hydrogen-bond donors (Lipinski definition) is 1. The SMILES string of the molecule is C=CCC[C@H](O)CN1CCN(Cc2nc(C(=O)N3CCN(C4CCCC4)CC3)co2)CC1. The number of rotatable bonds is 9. The van der Waals surface area contributed by atoms with Crippen molar-refractivity contribution in [1.82, 2.24) is 24.6 Å². The molecule has 3 heterocycles. The van der Waals surface area contributed by atoms with Crippen LogP contribution in [0.5, 0.6) is 0 Å². The summed E-state index contributed by atoms with van der Waals surface area (Å²) in [5, 5.41) is 10.1. The number of β-amino-alcohol motifs (C(OH)–C–C–N with tert-alkyl or cyclic N) is 1. The maximum atomic E-state index is 12.9. The predicted octanol–water partition coefficient (Wildman–Crippen LogP) is 1.82. The van der Waals surface area contributed by atoms with Crippen molar-refractivity contribution in [2.45, 2.75) is 57.2 Å². The minimum absolute atomic E-state index is 0.00981. The lowest BCUT2D eigenvalue weighted by molar-refractivity contribution is 0.0567. The molecule has 0 unspecified atom stereocenters. The van der Waals surface area contributed by atoms with Gasteiger partial charge < -0.3 is 14.4 Å². The quantitative estimate of drug-likeness (QED) is 0.581. The van der Waals surface area contributed by atoms with Crippen LogP contribution < -0.4 is 0 Å². The van der Waals surface area contributed by atoms with E-state index in [1.165, 1.54) is 31.9 Å². The molecule has 2 saturated heterocycles. The van der Waals surface area contributed by atoms with Gasteiger partial charge in [0.05, 0.1) is 12.6 Å². The van der Waals surface area contributed by atoms with Crippen LogP contribution in [0.4, 0.5) is 0 Å². The summed E-state index contributed by atoms with van der Waals surface area (Å²) in [6.07, 6.45) is 10.0. The first-order valence-electron chi connectivity index (χ1n) is 12.3. The number of aromatic nitrogens is 1. The standard InChI is InChI=1S/C24H39N5O3/c1-2-3-8-21(30)17-26-9-11-27(12-10-26)18-23-25-22(19-32-23)24(31)29-15-13-28(14-16-29)20-6-4-5-7-20/h2,19-21,30H,1,3-18H2/t21-/m0/s1. The molecule has 178 valence electrons. The fourth-order valence-corrected chi connectivity index (χ4v) is 5.22. The molecule has 4 rings (SSSR count). The van der Waals surface area contributed by atoms with Gasteiger partial charge in [0, 0.05) is 64.9 Å². The number of aliphatic hydroxyl groups excluding tert-OH is 1. The van der Waals surface area contributed by atoms with E-state index in [1.54, 1.807) is 0 Å². The Morgan fingerprint density at radius 2 is 1.81 bits per heavy atom. The average molecular weight is 446 g/mol. The topological polar surface area (TPSA) is 76.3 Å². The number of oxazole rings is 1. The molecule has 1 N–H and O–H groups in total. The minimum Gasteiger partial charge on any atom is -0.447 e. The van der Waals surface area contributed by atoms with E-state index in [4.69, 9.17) is 4.42 Å². The second kappa shape index (κ2) is 11.4. The first-order chi connectivity index (χ1) is 15.6. The van der Waals surface area contributed by atoms with Crippen LogP contribution in [0.2, 0.25) is 0 Å². The van der Waals surface area contributed by atoms with Gasteiger partial charge in [-0.1, -0.05) is 18.9 Å². The van der Waals surface area contributed by atoms with Crippen LogP contribution in [-0.4, -0.2) is 107 Å². The third kappa shape index (κ3) is 6.19. The summed E-state index contributed by atoms with van der Waals surface area (Å²) in [7, 11) is 0. The number of carbonyl (C=O) groups excluding carboxylic acids is 1. The first-order valence-corrected chi connectivity index (χ1v) is 12.3. The van der Waals surface area contributed by atoms with Gasteiger partial charge in [0.15, 0.2) is 5.69 Å². The smallest absolute Gasteiger partial charge is 0.275 e. The summed E-state index contributed by atoms with van der Waals surface area (Å²) in [6, 6.07) is 0.724. The largest absolute Gasteiger partial charge is 0.447 e. The summed E-state index contributed by atoms with van der Waals surface area (Å²) in [6.45, 7) is 12.2. The van der Waals surface area contributed by atoms with Crippen molar-refractivity contribution in [2.75, 3.05) is 58.9 Å². The van der Waals surface area contributed by atoms with E-state index in [2.05, 4.69) is 26.3 Å². The van der Waals surface area contributed by atoms with Crippen LogP contribution in [0.25, 0.3) is 0 Å². The van der Waals surface area contributed by atoms with Gasteiger partial charge in [0.25, 0.3) is 5.91 Å². The Balaban J connectivity index is 1.19. The van der Waals surface area contributed by atoms with Gasteiger partial charge in [0.2, 0.25) is 5.89 Å². The molecule has 0 radical (unpaired) electrons. The first kappa shape index (κ1) is 23.4. The highest BCUT2D eigenvalue weighted by Gasteiger charge is 2.29. The molecule has 8 heteroatoms. The number of aliphatic hydroxyl groups is 1. The Kier molecular flexibility index (Phi) is 8.35. The van der Waals surface area contributed by atoms with Gasteiger partial charge in [-0.2, -0.15) is 0 Å². The normalized spacial score (nSPS) is 23.0. The zero-order chi connectivity index (χ0) is 22.3. The van der Waals surface area contributed by atoms with E-state index < -0.39 is 0 Å². The van der Waals surface area contributed by atoms with Crippen LogP contribution in [-0.2, 0) is 6.54 Å². The van der Waals surface area contributed by atoms with Crippen molar-refractivity contribution in [3.8, 4) is 0 Å². The van der Waals surface area contributed by atoms with Crippen molar-refractivity contribution < 1.29 is 14.3 Å². The fraction of sp³-hybridized carbons (Fsp3) is 0.750. The summed E-state index contributed by atoms with van der Waals surface area (Å²) < 4.78 is 5.64. The highest BCUT2D eigenvalue weighted by atomic mass is 16.3. The molecular formula is C24H39N5O3. The Bertz CT molecular complexity index is 732. The zero-order valence-corrected chi connectivity index (χ0v) is 19.3. The number of amides is 1. The van der Waals surface area contributed by atoms with Crippen molar-refractivity contribution in [1.29, 1.82) is 0 Å². The molecule has 32 heavy (non-hydrogen) atoms. The van der Waals surface area contributed by atoms with Gasteiger partial charge in [0.1, 0.15) is 6.26 Å². The Labute approximate surface area is 191 Å². The van der Waals surface area contributed by atoms with E-state index >= 15 is 0 Å². The van der Waals surface area contributed by atoms with Crippen LogP contribution in [0, 0.1) is 0 Å². The van der Waals surface area contributed by atoms with Gasteiger partial charge in [-0.15, -0.1) is 6.58 Å². The van der Waals surface area contributed by atoms with Gasteiger partial charge in [-0.25, -0.2) is 4.98 Å². The minimum atomic E-state index is -0.292. The summed E-state index contributed by atoms with van der Waals surface area (Å²) in [5.41, 5.74) is 0.429. The number of piperazine rings is 2. The number of hydrogen-bond acceptors (Lipinski definition) is 7. The van der Waals surface area contributed by atoms with Crippen molar-refractivity contribution >= 4 is 5.91 Å². The van der Waals surface area contributed by atoms with Gasteiger partial charge in [-0.05, 0) is 25.7 Å². The van der Waals surface area contributed by atoms with E-state index in [0.717, 1.165) is 71.2 Å². The molecule has 1 saturated carbocycles. The van der Waals surface area contributed by atoms with Crippen LogP contribution in [0.3, 0.4) is 0 Å². The maximum absolute atomic E-state index is 12.9. The average Bonchev–Trinajstić information content (AvgIpc) is 3.51. The van der Waals surface area contributed by atoms with E-state index in [1.807, 2.05) is 11.0 Å². The lowest BCUT2D eigenvalue weighted by atomic mass is 10.1. The molecular weight excluding hydrogens is 406 g/mol. The monoisotopic (exact) mass is 445 g/mol. The van der Waals surface area contributed by atoms with Crippen LogP contribution in [0.15, 0.2) is 23.3 Å². The highest BCUT2D eigenvalue weighted by molar-refractivity contribution is 5.92. The van der Waals surface area contributed by atoms with E-state index in [-0.39, 0.29) is 12.0 Å². The lowest BCUT2D eigenvalue weighted by Crippen LogP contribution is -2.51. The van der Waals surface area contributed by atoms with E-state index in [0.29, 0.717) is 24.7 Å². The lowest BCUT2D eigenvalue weighted by Gasteiger charge is -2.37. The molecule has 3 aliphatic rings. The summed E-state index contributed by atoms with van der Waals surface area (Å²) in [4.78, 5) is 26.5. The summed E-state index contributed by atoms with van der Waals surface area (Å²) in [5.74, 6) is 0.599. The third-order valence-corrected chi connectivity index (χ3v) is 7.21. The van der Waals surface area contributed by atoms with Crippen LogP contribution >= 0.6 is 0 Å². The molecule has 1 amide bonds. The Morgan fingerprint density at radius 3 is 2.50 bits per heavy atom. The van der Waals surface area contributed by atoms with Crippen molar-refractivity contribution in [2.24, 2.45) is 0 Å². The van der Waals surface area contributed by atoms with Crippen molar-refractivity contribution in [3.05, 3.63) is 30.5 Å². The van der Waals surface area contributed by atoms with Crippen LogP contribution in [0.1, 0.15) is 54.9 Å². The summed E-state index contributed by atoms with van der Waals surface area (Å²) >= 11 is 0. The van der Waals surface area contributed by atoms with Crippen molar-refractivity contribution in [3.63, 3.8) is 0 Å². The molecule has 0 bridgehead atoms. The van der Waals surface area contributed by atoms with Gasteiger partial charge in [-0.3, -0.25) is 19.5 Å². The maximum Gasteiger partial charge on any atom is 0.275 e. The predicted molar refractivity (Wildman–Crippen MR) is 123 cm³/mol. The second-order valence-electron chi connectivity index (χ2n) is 9.49. The Hall–Kier alpha value is -1.74. The fourth-order valence-electron chi connectivity index (χ4n) is 5.22. The molecule has 0 aromatic carbocycles. The molecule has 0 spiro atoms. The van der Waals surface area contributed by atoms with E-state index in [9.17, 15) is 9.90 Å². The molecule has 1 atom stereocenters. The van der Waals surface area contributed by atoms with Gasteiger partial charge >= 0.3 is 0 Å². The number of nitrogens with zero attached hydrogens (tertiary/aromatic N) is 5. The zero-order valence-electron chi connectivity index (χ0n) is 19.3. The molecule has 3 fully saturated rings. The molecule has 1 aromatic rings. The highest BCUT2D eigenvalue weighted by Crippen LogP contribution is 2.24. The third-order valence-electron chi connectivity index (χ3n) is 7.21.